The number of amides is 1. The number of benzene rings is 3. The molecule has 40 heavy (non-hydrogen) atoms. The van der Waals surface area contributed by atoms with Crippen molar-refractivity contribution in [2.24, 2.45) is 0 Å². The number of ketones is 1. The molecule has 1 heterocycles. The molecule has 1 N–H and O–H groups in total. The molecule has 1 saturated heterocycles. The van der Waals surface area contributed by atoms with Crippen LogP contribution >= 0.6 is 23.2 Å². The number of carbonyl (C=O) groups is 2. The highest BCUT2D eigenvalue weighted by atomic mass is 35.5. The molecular weight excluding hydrogens is 561 g/mol. The van der Waals surface area contributed by atoms with E-state index < -0.39 is 23.5 Å². The topological polar surface area (TPSA) is 104 Å². The molecule has 11 heteroatoms. The average Bonchev–Trinajstić information content (AvgIpc) is 3.21. The summed E-state index contributed by atoms with van der Waals surface area (Å²) in [6, 6.07) is 12.4. The Morgan fingerprint density at radius 1 is 0.825 bits per heavy atom. The van der Waals surface area contributed by atoms with E-state index in [4.69, 9.17) is 46.9 Å². The molecule has 210 valence electrons. The van der Waals surface area contributed by atoms with Crippen LogP contribution in [0.4, 0.5) is 0 Å². The highest BCUT2D eigenvalue weighted by molar-refractivity contribution is 6.47. The van der Waals surface area contributed by atoms with E-state index in [1.807, 2.05) is 0 Å². The molecule has 0 aromatic heterocycles. The molecule has 0 spiro atoms. The van der Waals surface area contributed by atoms with Crippen molar-refractivity contribution in [1.82, 2.24) is 4.90 Å². The van der Waals surface area contributed by atoms with E-state index in [0.29, 0.717) is 28.4 Å². The van der Waals surface area contributed by atoms with Crippen molar-refractivity contribution in [3.8, 4) is 28.7 Å². The molecule has 1 atom stereocenters. The van der Waals surface area contributed by atoms with Gasteiger partial charge in [-0.3, -0.25) is 9.59 Å². The predicted octanol–water partition coefficient (Wildman–Crippen LogP) is 5.66. The number of aliphatic hydroxyl groups is 1. The zero-order valence-corrected chi connectivity index (χ0v) is 23.9. The molecule has 1 aliphatic heterocycles. The maximum Gasteiger partial charge on any atom is 0.295 e. The molecule has 3 aromatic rings. The lowest BCUT2D eigenvalue weighted by Crippen LogP contribution is -2.29. The Kier molecular flexibility index (Phi) is 8.66. The summed E-state index contributed by atoms with van der Waals surface area (Å²) in [5.41, 5.74) is 1.10. The zero-order chi connectivity index (χ0) is 29.1. The number of hydrogen-bond acceptors (Lipinski definition) is 8. The van der Waals surface area contributed by atoms with Crippen LogP contribution in [0.15, 0.2) is 54.1 Å². The van der Waals surface area contributed by atoms with E-state index in [2.05, 4.69) is 0 Å². The van der Waals surface area contributed by atoms with E-state index in [9.17, 15) is 14.7 Å². The quantitative estimate of drug-likeness (QED) is 0.194. The minimum Gasteiger partial charge on any atom is -0.507 e. The van der Waals surface area contributed by atoms with Gasteiger partial charge in [0.1, 0.15) is 16.5 Å². The van der Waals surface area contributed by atoms with E-state index in [-0.39, 0.29) is 39.2 Å². The van der Waals surface area contributed by atoms with Gasteiger partial charge in [-0.05, 0) is 41.5 Å². The van der Waals surface area contributed by atoms with Gasteiger partial charge in [-0.25, -0.2) is 0 Å². The van der Waals surface area contributed by atoms with Crippen LogP contribution in [0.2, 0.25) is 10.0 Å². The van der Waals surface area contributed by atoms with Gasteiger partial charge in [0.2, 0.25) is 0 Å². The Morgan fingerprint density at radius 3 is 2.05 bits per heavy atom. The molecule has 1 amide bonds. The van der Waals surface area contributed by atoms with Gasteiger partial charge < -0.3 is 33.7 Å². The number of ether oxygens (including phenoxy) is 5. The normalized spacial score (nSPS) is 16.2. The lowest BCUT2D eigenvalue weighted by atomic mass is 9.94. The SMILES string of the molecule is COc1ccc(C2/C(=C(\O)c3cc(Cl)c(OC)c(Cl)c3OC)C(=O)C(=O)N2Cc2ccc(OC)c(OC)c2)cc1. The van der Waals surface area contributed by atoms with Crippen LogP contribution in [0.3, 0.4) is 0 Å². The molecule has 4 rings (SSSR count). The number of aliphatic hydroxyl groups excluding tert-OH is 1. The Labute approximate surface area is 241 Å². The van der Waals surface area contributed by atoms with E-state index in [1.54, 1.807) is 42.5 Å². The summed E-state index contributed by atoms with van der Waals surface area (Å²) >= 11 is 12.8. The molecule has 0 aliphatic carbocycles. The summed E-state index contributed by atoms with van der Waals surface area (Å²) in [5, 5.41) is 11.7. The number of likely N-dealkylation sites (tertiary alicyclic amines) is 1. The number of rotatable bonds is 9. The summed E-state index contributed by atoms with van der Waals surface area (Å²) in [6.45, 7) is 0.0274. The smallest absolute Gasteiger partial charge is 0.295 e. The van der Waals surface area contributed by atoms with Gasteiger partial charge >= 0.3 is 0 Å². The fourth-order valence-corrected chi connectivity index (χ4v) is 5.33. The van der Waals surface area contributed by atoms with Crippen molar-refractivity contribution >= 4 is 40.7 Å². The largest absolute Gasteiger partial charge is 0.507 e. The van der Waals surface area contributed by atoms with Crippen LogP contribution in [0.25, 0.3) is 5.76 Å². The summed E-state index contributed by atoms with van der Waals surface area (Å²) in [7, 11) is 7.29. The molecule has 0 bridgehead atoms. The number of nitrogens with zero attached hydrogens (tertiary/aromatic N) is 1. The third kappa shape index (κ3) is 5.10. The van der Waals surface area contributed by atoms with Gasteiger partial charge in [-0.2, -0.15) is 0 Å². The molecule has 1 aliphatic rings. The first-order chi connectivity index (χ1) is 19.2. The van der Waals surface area contributed by atoms with Crippen LogP contribution in [-0.4, -0.2) is 57.2 Å². The maximum absolute atomic E-state index is 13.5. The Balaban J connectivity index is 1.92. The lowest BCUT2D eigenvalue weighted by molar-refractivity contribution is -0.140. The highest BCUT2D eigenvalue weighted by Gasteiger charge is 2.46. The molecule has 0 saturated carbocycles. The predicted molar refractivity (Wildman–Crippen MR) is 150 cm³/mol. The van der Waals surface area contributed by atoms with Gasteiger partial charge in [0.05, 0.1) is 57.8 Å². The monoisotopic (exact) mass is 587 g/mol. The summed E-state index contributed by atoms with van der Waals surface area (Å²) in [6.07, 6.45) is 0. The standard InChI is InChI=1S/C29H27Cl2NO8/c1-36-17-9-7-16(8-10-17)24-22(25(33)18-13-19(30)28(40-5)23(31)27(18)39-4)26(34)29(35)32(24)14-15-6-11-20(37-2)21(12-15)38-3/h6-13,24,33H,14H2,1-5H3/b25-22+. The second-order valence-electron chi connectivity index (χ2n) is 8.68. The molecule has 9 nitrogen and oxygen atoms in total. The summed E-state index contributed by atoms with van der Waals surface area (Å²) in [4.78, 5) is 28.4. The first-order valence-electron chi connectivity index (χ1n) is 11.9. The van der Waals surface area contributed by atoms with Crippen molar-refractivity contribution in [2.45, 2.75) is 12.6 Å². The van der Waals surface area contributed by atoms with Crippen LogP contribution in [0.1, 0.15) is 22.7 Å². The number of carbonyl (C=O) groups excluding carboxylic acids is 2. The van der Waals surface area contributed by atoms with Crippen LogP contribution < -0.4 is 23.7 Å². The number of halogens is 2. The number of hydrogen-bond donors (Lipinski definition) is 1. The van der Waals surface area contributed by atoms with Crippen molar-refractivity contribution < 1.29 is 38.4 Å². The molecular formula is C29H27Cl2NO8. The minimum absolute atomic E-state index is 0.000367. The van der Waals surface area contributed by atoms with Gasteiger partial charge in [0.15, 0.2) is 23.0 Å². The molecule has 0 radical (unpaired) electrons. The van der Waals surface area contributed by atoms with Crippen LogP contribution in [0, 0.1) is 0 Å². The summed E-state index contributed by atoms with van der Waals surface area (Å²) < 4.78 is 26.7. The average molecular weight is 588 g/mol. The highest BCUT2D eigenvalue weighted by Crippen LogP contribution is 2.47. The van der Waals surface area contributed by atoms with E-state index in [1.165, 1.54) is 46.5 Å². The second kappa shape index (κ2) is 12.0. The van der Waals surface area contributed by atoms with Crippen molar-refractivity contribution in [1.29, 1.82) is 0 Å². The van der Waals surface area contributed by atoms with Gasteiger partial charge in [-0.15, -0.1) is 0 Å². The van der Waals surface area contributed by atoms with Gasteiger partial charge in [0.25, 0.3) is 11.7 Å². The summed E-state index contributed by atoms with van der Waals surface area (Å²) in [5.74, 6) is -0.471. The van der Waals surface area contributed by atoms with Gasteiger partial charge in [0, 0.05) is 6.54 Å². The van der Waals surface area contributed by atoms with Crippen molar-refractivity contribution in [3.05, 3.63) is 80.8 Å². The Hall–Kier alpha value is -4.08. The molecule has 1 fully saturated rings. The maximum atomic E-state index is 13.5. The Morgan fingerprint density at radius 2 is 1.48 bits per heavy atom. The fourth-order valence-electron chi connectivity index (χ4n) is 4.64. The molecule has 1 unspecified atom stereocenters. The van der Waals surface area contributed by atoms with E-state index in [0.717, 1.165) is 0 Å². The van der Waals surface area contributed by atoms with E-state index >= 15 is 0 Å². The van der Waals surface area contributed by atoms with Gasteiger partial charge in [-0.1, -0.05) is 41.4 Å². The number of Topliss-reactive ketones (excluding diaryl/α,β-unsaturated/α-hetero) is 1. The minimum atomic E-state index is -0.969. The third-order valence-corrected chi connectivity index (χ3v) is 7.19. The number of methoxy groups -OCH3 is 5. The lowest BCUT2D eigenvalue weighted by Gasteiger charge is -2.26. The second-order valence-corrected chi connectivity index (χ2v) is 9.46. The Bertz CT molecular complexity index is 1490. The van der Waals surface area contributed by atoms with Crippen molar-refractivity contribution in [2.75, 3.05) is 35.5 Å². The van der Waals surface area contributed by atoms with Crippen molar-refractivity contribution in [3.63, 3.8) is 0 Å². The zero-order valence-electron chi connectivity index (χ0n) is 22.4. The van der Waals surface area contributed by atoms with Crippen LogP contribution in [0.5, 0.6) is 28.7 Å². The first-order valence-corrected chi connectivity index (χ1v) is 12.7. The van der Waals surface area contributed by atoms with Crippen LogP contribution in [-0.2, 0) is 16.1 Å². The first kappa shape index (κ1) is 28.9. The fraction of sp³-hybridized carbons (Fsp3) is 0.241. The third-order valence-electron chi connectivity index (χ3n) is 6.57. The molecule has 3 aromatic carbocycles.